The third-order valence-electron chi connectivity index (χ3n) is 4.71. The van der Waals surface area contributed by atoms with E-state index in [-0.39, 0.29) is 4.75 Å². The molecule has 0 amide bonds. The van der Waals surface area contributed by atoms with E-state index in [1.807, 2.05) is 11.8 Å². The van der Waals surface area contributed by atoms with Gasteiger partial charge in [-0.3, -0.25) is 4.79 Å². The van der Waals surface area contributed by atoms with Gasteiger partial charge < -0.3 is 0 Å². The molecule has 16 heavy (non-hydrogen) atoms. The fourth-order valence-corrected chi connectivity index (χ4v) is 4.53. The zero-order valence-corrected chi connectivity index (χ0v) is 11.6. The largest absolute Gasteiger partial charge is 0.298 e. The fourth-order valence-electron chi connectivity index (χ4n) is 3.19. The lowest BCUT2D eigenvalue weighted by Crippen LogP contribution is -2.38. The molecule has 1 aliphatic heterocycles. The summed E-state index contributed by atoms with van der Waals surface area (Å²) in [6.07, 6.45) is 5.86. The molecule has 1 nitrogen and oxygen atoms in total. The molecule has 0 aromatic heterocycles. The fraction of sp³-hybridized carbons (Fsp3) is 0.929. The van der Waals surface area contributed by atoms with Gasteiger partial charge in [0.05, 0.1) is 4.75 Å². The summed E-state index contributed by atoms with van der Waals surface area (Å²) in [5, 5.41) is 0. The second kappa shape index (κ2) is 4.72. The van der Waals surface area contributed by atoms with Crippen LogP contribution in [0.2, 0.25) is 0 Å². The topological polar surface area (TPSA) is 17.1 Å². The molecule has 4 unspecified atom stereocenters. The minimum absolute atomic E-state index is 0.0367. The quantitative estimate of drug-likeness (QED) is 0.728. The molecule has 0 bridgehead atoms. The Morgan fingerprint density at radius 1 is 1.25 bits per heavy atom. The molecule has 2 heteroatoms. The number of rotatable bonds is 2. The molecule has 1 heterocycles. The second-order valence-corrected chi connectivity index (χ2v) is 7.61. The van der Waals surface area contributed by atoms with Gasteiger partial charge >= 0.3 is 0 Å². The van der Waals surface area contributed by atoms with Gasteiger partial charge in [-0.2, -0.15) is 0 Å². The molecular weight excluding hydrogens is 216 g/mol. The number of carbonyl (C=O) groups excluding carboxylic acids is 1. The van der Waals surface area contributed by atoms with E-state index in [9.17, 15) is 4.79 Å². The summed E-state index contributed by atoms with van der Waals surface area (Å²) in [5.41, 5.74) is 0. The normalized spacial score (nSPS) is 44.6. The lowest BCUT2D eigenvalue weighted by molar-refractivity contribution is -0.126. The average molecular weight is 240 g/mol. The second-order valence-electron chi connectivity index (χ2n) is 6.01. The Bertz CT molecular complexity index is 268. The smallest absolute Gasteiger partial charge is 0.151 e. The molecule has 2 aliphatic rings. The van der Waals surface area contributed by atoms with E-state index < -0.39 is 0 Å². The van der Waals surface area contributed by atoms with Gasteiger partial charge in [0.1, 0.15) is 0 Å². The number of ketones is 1. The number of hydrogen-bond acceptors (Lipinski definition) is 2. The number of carbonyl (C=O) groups is 1. The van der Waals surface area contributed by atoms with Crippen molar-refractivity contribution >= 4 is 17.5 Å². The van der Waals surface area contributed by atoms with Crippen LogP contribution in [0.5, 0.6) is 0 Å². The highest BCUT2D eigenvalue weighted by Crippen LogP contribution is 2.44. The van der Waals surface area contributed by atoms with E-state index >= 15 is 0 Å². The van der Waals surface area contributed by atoms with Crippen LogP contribution in [0.4, 0.5) is 0 Å². The van der Waals surface area contributed by atoms with Crippen LogP contribution in [0.15, 0.2) is 0 Å². The maximum atomic E-state index is 12.6. The zero-order valence-electron chi connectivity index (χ0n) is 10.8. The summed E-state index contributed by atoms with van der Waals surface area (Å²) >= 11 is 1.90. The van der Waals surface area contributed by atoms with Crippen LogP contribution in [0, 0.1) is 17.8 Å². The predicted molar refractivity (Wildman–Crippen MR) is 70.8 cm³/mol. The molecule has 1 aliphatic carbocycles. The molecule has 4 atom stereocenters. The van der Waals surface area contributed by atoms with Crippen molar-refractivity contribution in [3.05, 3.63) is 0 Å². The van der Waals surface area contributed by atoms with E-state index in [1.54, 1.807) is 0 Å². The van der Waals surface area contributed by atoms with Crippen LogP contribution >= 0.6 is 11.8 Å². The van der Waals surface area contributed by atoms with Crippen molar-refractivity contribution in [1.82, 2.24) is 0 Å². The Hall–Kier alpha value is 0.0200. The number of hydrogen-bond donors (Lipinski definition) is 0. The van der Waals surface area contributed by atoms with Crippen molar-refractivity contribution in [2.45, 2.75) is 57.6 Å². The predicted octanol–water partition coefficient (Wildman–Crippen LogP) is 3.91. The van der Waals surface area contributed by atoms with Crippen LogP contribution < -0.4 is 0 Å². The maximum Gasteiger partial charge on any atom is 0.151 e. The van der Waals surface area contributed by atoms with Crippen LogP contribution in [0.25, 0.3) is 0 Å². The number of Topliss-reactive ketones (excluding diaryl/α,β-unsaturated/α-hetero) is 1. The first-order chi connectivity index (χ1) is 7.53. The minimum atomic E-state index is -0.0367. The monoisotopic (exact) mass is 240 g/mol. The van der Waals surface area contributed by atoms with Gasteiger partial charge in [-0.05, 0) is 56.6 Å². The highest BCUT2D eigenvalue weighted by Gasteiger charge is 2.42. The van der Waals surface area contributed by atoms with Crippen LogP contribution in [-0.2, 0) is 4.79 Å². The van der Waals surface area contributed by atoms with Gasteiger partial charge in [0.15, 0.2) is 5.78 Å². The average Bonchev–Trinajstić information content (AvgIpc) is 2.70. The third kappa shape index (κ3) is 2.32. The Balaban J connectivity index is 2.00. The highest BCUT2D eigenvalue weighted by molar-refractivity contribution is 8.01. The van der Waals surface area contributed by atoms with Gasteiger partial charge in [0, 0.05) is 5.92 Å². The van der Waals surface area contributed by atoms with Crippen LogP contribution in [0.1, 0.15) is 52.9 Å². The summed E-state index contributed by atoms with van der Waals surface area (Å²) < 4.78 is -0.0367. The molecule has 2 rings (SSSR count). The van der Waals surface area contributed by atoms with E-state index in [0.717, 1.165) is 31.1 Å². The van der Waals surface area contributed by atoms with E-state index in [0.29, 0.717) is 11.7 Å². The maximum absolute atomic E-state index is 12.6. The van der Waals surface area contributed by atoms with Crippen LogP contribution in [-0.4, -0.2) is 16.3 Å². The molecule has 0 radical (unpaired) electrons. The Morgan fingerprint density at radius 3 is 2.56 bits per heavy atom. The first kappa shape index (κ1) is 12.5. The molecule has 2 fully saturated rings. The summed E-state index contributed by atoms with van der Waals surface area (Å²) in [5.74, 6) is 3.65. The number of thioether (sulfide) groups is 1. The first-order valence-corrected chi connectivity index (χ1v) is 7.70. The van der Waals surface area contributed by atoms with Crippen molar-refractivity contribution in [2.24, 2.45) is 17.8 Å². The third-order valence-corrected chi connectivity index (χ3v) is 6.24. The Morgan fingerprint density at radius 2 is 2.00 bits per heavy atom. The molecule has 0 N–H and O–H groups in total. The van der Waals surface area contributed by atoms with Gasteiger partial charge in [-0.1, -0.05) is 13.8 Å². The summed E-state index contributed by atoms with van der Waals surface area (Å²) in [4.78, 5) is 12.6. The molecular formula is C14H24OS. The van der Waals surface area contributed by atoms with Crippen molar-refractivity contribution < 1.29 is 4.79 Å². The molecule has 0 aromatic carbocycles. The van der Waals surface area contributed by atoms with Crippen molar-refractivity contribution in [1.29, 1.82) is 0 Å². The minimum Gasteiger partial charge on any atom is -0.298 e. The first-order valence-electron chi connectivity index (χ1n) is 6.71. The zero-order chi connectivity index (χ0) is 11.8. The van der Waals surface area contributed by atoms with E-state index in [4.69, 9.17) is 0 Å². The summed E-state index contributed by atoms with van der Waals surface area (Å²) in [7, 11) is 0. The van der Waals surface area contributed by atoms with E-state index in [1.165, 1.54) is 18.6 Å². The lowest BCUT2D eigenvalue weighted by Gasteiger charge is -2.35. The molecule has 92 valence electrons. The van der Waals surface area contributed by atoms with Gasteiger partial charge in [0.25, 0.3) is 0 Å². The van der Waals surface area contributed by atoms with Gasteiger partial charge in [-0.15, -0.1) is 11.8 Å². The van der Waals surface area contributed by atoms with Crippen molar-refractivity contribution in [3.63, 3.8) is 0 Å². The lowest BCUT2D eigenvalue weighted by atomic mass is 9.72. The van der Waals surface area contributed by atoms with Gasteiger partial charge in [-0.25, -0.2) is 0 Å². The molecule has 1 saturated heterocycles. The Labute approximate surface area is 104 Å². The summed E-state index contributed by atoms with van der Waals surface area (Å²) in [6, 6.07) is 0. The highest BCUT2D eigenvalue weighted by atomic mass is 32.2. The molecule has 0 aromatic rings. The van der Waals surface area contributed by atoms with E-state index in [2.05, 4.69) is 20.8 Å². The standard InChI is InChI=1S/C14H24OS/c1-10-5-6-12(9-11(10)2)13(15)14(3)7-4-8-16-14/h10-12H,4-9H2,1-3H3. The summed E-state index contributed by atoms with van der Waals surface area (Å²) in [6.45, 7) is 6.82. The molecule has 0 spiro atoms. The Kier molecular flexibility index (Phi) is 3.68. The molecule has 1 saturated carbocycles. The van der Waals surface area contributed by atoms with Crippen molar-refractivity contribution in [3.8, 4) is 0 Å². The van der Waals surface area contributed by atoms with Crippen LogP contribution in [0.3, 0.4) is 0 Å². The van der Waals surface area contributed by atoms with Gasteiger partial charge in [0.2, 0.25) is 0 Å². The SMILES string of the molecule is CC1CCC(C(=O)C2(C)CCCS2)CC1C. The van der Waals surface area contributed by atoms with Crippen molar-refractivity contribution in [2.75, 3.05) is 5.75 Å².